The number of hydrogen-bond donors (Lipinski definition) is 0. The van der Waals surface area contributed by atoms with Gasteiger partial charge in [0, 0.05) is 8.95 Å². The average molecular weight is 524 g/mol. The first-order chi connectivity index (χ1) is 11.9. The van der Waals surface area contributed by atoms with E-state index in [1.165, 1.54) is 24.3 Å². The molecule has 0 aliphatic rings. The molecular formula is C17H16Br2O5S2. The third-order valence-corrected chi connectivity index (χ3v) is 10.7. The van der Waals surface area contributed by atoms with Gasteiger partial charge in [-0.05, 0) is 56.2 Å². The fraction of sp³-hybridized carbons (Fsp3) is 0.235. The SMILES string of the molecule is CC(=O)C(S(=O)(=O)c1ccc(C)c(Br)c1)S(=O)(=O)c1ccc(C)c(Br)c1. The predicted molar refractivity (Wildman–Crippen MR) is 107 cm³/mol. The van der Waals surface area contributed by atoms with Gasteiger partial charge in [-0.3, -0.25) is 4.79 Å². The van der Waals surface area contributed by atoms with Gasteiger partial charge in [-0.2, -0.15) is 0 Å². The van der Waals surface area contributed by atoms with E-state index in [0.717, 1.165) is 18.1 Å². The third kappa shape index (κ3) is 3.95. The smallest absolute Gasteiger partial charge is 0.229 e. The average Bonchev–Trinajstić information content (AvgIpc) is 2.51. The fourth-order valence-corrected chi connectivity index (χ4v) is 7.86. The summed E-state index contributed by atoms with van der Waals surface area (Å²) >= 11 is 6.47. The molecule has 5 nitrogen and oxygen atoms in total. The second-order valence-corrected chi connectivity index (χ2v) is 11.9. The summed E-state index contributed by atoms with van der Waals surface area (Å²) in [6.07, 6.45) is 0. The van der Waals surface area contributed by atoms with Gasteiger partial charge in [0.05, 0.1) is 9.79 Å². The Balaban J connectivity index is 2.69. The molecule has 0 atom stereocenters. The summed E-state index contributed by atoms with van der Waals surface area (Å²) in [7, 11) is -8.90. The van der Waals surface area contributed by atoms with Crippen LogP contribution in [0.3, 0.4) is 0 Å². The summed E-state index contributed by atoms with van der Waals surface area (Å²) in [6.45, 7) is 4.50. The Morgan fingerprint density at radius 1 is 0.808 bits per heavy atom. The van der Waals surface area contributed by atoms with E-state index in [-0.39, 0.29) is 9.79 Å². The van der Waals surface area contributed by atoms with Gasteiger partial charge in [0.25, 0.3) is 0 Å². The summed E-state index contributed by atoms with van der Waals surface area (Å²) < 4.78 is 50.7. The minimum absolute atomic E-state index is 0.232. The lowest BCUT2D eigenvalue weighted by molar-refractivity contribution is -0.115. The van der Waals surface area contributed by atoms with Crippen molar-refractivity contribution in [1.29, 1.82) is 0 Å². The van der Waals surface area contributed by atoms with E-state index in [1.807, 2.05) is 0 Å². The quantitative estimate of drug-likeness (QED) is 0.591. The molecule has 0 spiro atoms. The molecule has 0 saturated heterocycles. The number of carbonyl (C=O) groups is 1. The van der Waals surface area contributed by atoms with Crippen molar-refractivity contribution in [2.24, 2.45) is 0 Å². The Bertz CT molecular complexity index is 1010. The summed E-state index contributed by atoms with van der Waals surface area (Å²) in [5.74, 6) is -0.960. The van der Waals surface area contributed by atoms with Gasteiger partial charge >= 0.3 is 0 Å². The van der Waals surface area contributed by atoms with Gasteiger partial charge < -0.3 is 0 Å². The number of ketones is 1. The molecule has 0 aromatic heterocycles. The zero-order chi connectivity index (χ0) is 19.9. The van der Waals surface area contributed by atoms with E-state index in [1.54, 1.807) is 26.0 Å². The number of hydrogen-bond acceptors (Lipinski definition) is 5. The van der Waals surface area contributed by atoms with E-state index in [0.29, 0.717) is 8.95 Å². The molecule has 9 heteroatoms. The number of aryl methyl sites for hydroxylation is 2. The molecule has 0 fully saturated rings. The lowest BCUT2D eigenvalue weighted by Gasteiger charge is -2.17. The molecule has 0 radical (unpaired) electrons. The molecule has 2 aromatic rings. The van der Waals surface area contributed by atoms with Crippen LogP contribution in [-0.4, -0.2) is 27.2 Å². The van der Waals surface area contributed by atoms with Crippen LogP contribution in [0.1, 0.15) is 18.1 Å². The molecule has 0 N–H and O–H groups in total. The highest BCUT2D eigenvalue weighted by Crippen LogP contribution is 2.30. The topological polar surface area (TPSA) is 85.3 Å². The van der Waals surface area contributed by atoms with Crippen LogP contribution in [0, 0.1) is 13.8 Å². The van der Waals surface area contributed by atoms with Crippen molar-refractivity contribution in [3.8, 4) is 0 Å². The first kappa shape index (κ1) is 21.3. The van der Waals surface area contributed by atoms with Gasteiger partial charge in [-0.15, -0.1) is 0 Å². The summed E-state index contributed by atoms with van der Waals surface area (Å²) in [5.41, 5.74) is 1.57. The molecule has 0 bridgehead atoms. The van der Waals surface area contributed by atoms with Crippen LogP contribution in [0.5, 0.6) is 0 Å². The molecule has 0 aliphatic carbocycles. The van der Waals surface area contributed by atoms with Gasteiger partial charge in [-0.1, -0.05) is 44.0 Å². The van der Waals surface area contributed by atoms with Gasteiger partial charge in [0.1, 0.15) is 0 Å². The van der Waals surface area contributed by atoms with Crippen molar-refractivity contribution >= 4 is 57.3 Å². The van der Waals surface area contributed by atoms with Crippen molar-refractivity contribution in [2.45, 2.75) is 35.1 Å². The maximum atomic E-state index is 13.0. The van der Waals surface area contributed by atoms with E-state index >= 15 is 0 Å². The first-order valence-electron chi connectivity index (χ1n) is 7.39. The molecule has 0 unspecified atom stereocenters. The number of halogens is 2. The minimum atomic E-state index is -4.45. The second-order valence-electron chi connectivity index (χ2n) is 5.85. The second kappa shape index (κ2) is 7.53. The maximum Gasteiger partial charge on any atom is 0.229 e. The standard InChI is InChI=1S/C17H16Br2O5S2/c1-10-4-6-13(8-15(10)18)25(21,22)17(12(3)20)26(23,24)14-7-5-11(2)16(19)9-14/h4-9,17H,1-3H3. The molecule has 0 amide bonds. The summed E-state index contributed by atoms with van der Waals surface area (Å²) in [4.78, 5) is 11.6. The zero-order valence-electron chi connectivity index (χ0n) is 14.2. The van der Waals surface area contributed by atoms with Crippen LogP contribution in [0.25, 0.3) is 0 Å². The van der Waals surface area contributed by atoms with Crippen LogP contribution in [0.15, 0.2) is 55.1 Å². The molecule has 0 saturated carbocycles. The van der Waals surface area contributed by atoms with Crippen molar-refractivity contribution < 1.29 is 21.6 Å². The third-order valence-electron chi connectivity index (χ3n) is 3.84. The highest BCUT2D eigenvalue weighted by molar-refractivity contribution is 9.10. The molecule has 26 heavy (non-hydrogen) atoms. The van der Waals surface area contributed by atoms with Crippen molar-refractivity contribution in [2.75, 3.05) is 0 Å². The van der Waals surface area contributed by atoms with Crippen molar-refractivity contribution in [3.05, 3.63) is 56.5 Å². The van der Waals surface area contributed by atoms with E-state index in [9.17, 15) is 21.6 Å². The van der Waals surface area contributed by atoms with Crippen LogP contribution in [-0.2, 0) is 24.5 Å². The lowest BCUT2D eigenvalue weighted by Crippen LogP contribution is -2.36. The number of rotatable bonds is 5. The van der Waals surface area contributed by atoms with Gasteiger partial charge in [0.15, 0.2) is 5.78 Å². The number of sulfone groups is 2. The first-order valence-corrected chi connectivity index (χ1v) is 12.1. The van der Waals surface area contributed by atoms with E-state index in [4.69, 9.17) is 0 Å². The minimum Gasteiger partial charge on any atom is -0.297 e. The zero-order valence-corrected chi connectivity index (χ0v) is 19.0. The predicted octanol–water partition coefficient (Wildman–Crippen LogP) is 3.99. The summed E-state index contributed by atoms with van der Waals surface area (Å²) in [6, 6.07) is 8.30. The molecule has 0 aliphatic heterocycles. The number of carbonyl (C=O) groups excluding carboxylic acids is 1. The van der Waals surface area contributed by atoms with Crippen molar-refractivity contribution in [1.82, 2.24) is 0 Å². The Hall–Kier alpha value is -1.03. The molecule has 2 rings (SSSR count). The summed E-state index contributed by atoms with van der Waals surface area (Å²) in [5, 5.41) is 0. The highest BCUT2D eigenvalue weighted by atomic mass is 79.9. The molecule has 140 valence electrons. The highest BCUT2D eigenvalue weighted by Gasteiger charge is 2.43. The number of Topliss-reactive ketones (excluding diaryl/α,β-unsaturated/α-hetero) is 1. The molecule has 0 heterocycles. The molecule has 2 aromatic carbocycles. The maximum absolute atomic E-state index is 13.0. The van der Waals surface area contributed by atoms with E-state index in [2.05, 4.69) is 31.9 Å². The van der Waals surface area contributed by atoms with Gasteiger partial charge in [-0.25, -0.2) is 16.8 Å². The normalized spacial score (nSPS) is 12.4. The fourth-order valence-electron chi connectivity index (χ4n) is 2.35. The number of benzene rings is 2. The van der Waals surface area contributed by atoms with Crippen LogP contribution >= 0.6 is 31.9 Å². The lowest BCUT2D eigenvalue weighted by atomic mass is 10.2. The van der Waals surface area contributed by atoms with E-state index < -0.39 is 30.0 Å². The Morgan fingerprint density at radius 2 is 1.15 bits per heavy atom. The van der Waals surface area contributed by atoms with Crippen molar-refractivity contribution in [3.63, 3.8) is 0 Å². The van der Waals surface area contributed by atoms with Gasteiger partial charge in [0.2, 0.25) is 24.3 Å². The Kier molecular flexibility index (Phi) is 6.16. The Morgan fingerprint density at radius 3 is 1.42 bits per heavy atom. The molecular weight excluding hydrogens is 508 g/mol. The monoisotopic (exact) mass is 522 g/mol. The largest absolute Gasteiger partial charge is 0.297 e. The van der Waals surface area contributed by atoms with Crippen LogP contribution < -0.4 is 0 Å². The Labute approximate surface area is 169 Å². The van der Waals surface area contributed by atoms with Crippen LogP contribution in [0.2, 0.25) is 0 Å². The van der Waals surface area contributed by atoms with Crippen LogP contribution in [0.4, 0.5) is 0 Å².